The monoisotopic (exact) mass is 280 g/mol. The number of nitrogens with one attached hydrogen (secondary N) is 1. The molecule has 1 aromatic heterocycles. The Kier molecular flexibility index (Phi) is 4.91. The van der Waals surface area contributed by atoms with Crippen molar-refractivity contribution in [3.8, 4) is 6.01 Å². The third-order valence-electron chi connectivity index (χ3n) is 2.92. The first kappa shape index (κ1) is 14.3. The first-order valence-corrected chi connectivity index (χ1v) is 6.85. The van der Waals surface area contributed by atoms with Gasteiger partial charge in [-0.2, -0.15) is 15.0 Å². The van der Waals surface area contributed by atoms with Crippen molar-refractivity contribution >= 4 is 17.8 Å². The molecule has 0 aliphatic carbocycles. The van der Waals surface area contributed by atoms with E-state index in [1.54, 1.807) is 0 Å². The number of hydrogen-bond donors (Lipinski definition) is 2. The van der Waals surface area contributed by atoms with E-state index in [2.05, 4.69) is 20.3 Å². The standard InChI is InChI=1S/C12H20N6O2/c1-2-7-20-12-16-10(13)15-11(17-12)14-8-9(19)18-5-3-4-6-18/h2-8H2,1H3,(H3,13,14,15,16,17). The van der Waals surface area contributed by atoms with Crippen LogP contribution in [0, 0.1) is 0 Å². The molecule has 0 aromatic carbocycles. The lowest BCUT2D eigenvalue weighted by Crippen LogP contribution is -2.33. The number of likely N-dealkylation sites (tertiary alicyclic amines) is 1. The summed E-state index contributed by atoms with van der Waals surface area (Å²) in [7, 11) is 0. The van der Waals surface area contributed by atoms with Gasteiger partial charge in [0.2, 0.25) is 17.8 Å². The smallest absolute Gasteiger partial charge is 0.323 e. The Morgan fingerprint density at radius 1 is 1.35 bits per heavy atom. The molecule has 2 heterocycles. The van der Waals surface area contributed by atoms with Gasteiger partial charge in [0.05, 0.1) is 13.2 Å². The minimum Gasteiger partial charge on any atom is -0.463 e. The number of nitrogens with zero attached hydrogens (tertiary/aromatic N) is 4. The maximum atomic E-state index is 11.9. The fourth-order valence-corrected chi connectivity index (χ4v) is 1.94. The fourth-order valence-electron chi connectivity index (χ4n) is 1.94. The average Bonchev–Trinajstić information content (AvgIpc) is 2.96. The van der Waals surface area contributed by atoms with Crippen LogP contribution in [0.2, 0.25) is 0 Å². The van der Waals surface area contributed by atoms with E-state index in [9.17, 15) is 4.79 Å². The van der Waals surface area contributed by atoms with Crippen molar-refractivity contribution in [2.75, 3.05) is 37.3 Å². The van der Waals surface area contributed by atoms with Crippen LogP contribution in [0.25, 0.3) is 0 Å². The number of aromatic nitrogens is 3. The zero-order valence-corrected chi connectivity index (χ0v) is 11.6. The van der Waals surface area contributed by atoms with E-state index in [4.69, 9.17) is 10.5 Å². The summed E-state index contributed by atoms with van der Waals surface area (Å²) in [5.74, 6) is 0.371. The number of rotatable bonds is 6. The van der Waals surface area contributed by atoms with E-state index >= 15 is 0 Å². The van der Waals surface area contributed by atoms with Gasteiger partial charge in [-0.25, -0.2) is 0 Å². The first-order valence-electron chi connectivity index (χ1n) is 6.85. The van der Waals surface area contributed by atoms with Crippen molar-refractivity contribution in [1.29, 1.82) is 0 Å². The Morgan fingerprint density at radius 3 is 2.80 bits per heavy atom. The SMILES string of the molecule is CCCOc1nc(N)nc(NCC(=O)N2CCCC2)n1. The molecule has 1 aliphatic rings. The molecule has 1 fully saturated rings. The molecule has 20 heavy (non-hydrogen) atoms. The molecule has 1 aromatic rings. The quantitative estimate of drug-likeness (QED) is 0.770. The van der Waals surface area contributed by atoms with Crippen LogP contribution >= 0.6 is 0 Å². The van der Waals surface area contributed by atoms with Crippen molar-refractivity contribution in [2.24, 2.45) is 0 Å². The van der Waals surface area contributed by atoms with Crippen molar-refractivity contribution in [1.82, 2.24) is 19.9 Å². The number of carbonyl (C=O) groups excluding carboxylic acids is 1. The second kappa shape index (κ2) is 6.88. The molecule has 2 rings (SSSR count). The molecule has 3 N–H and O–H groups in total. The van der Waals surface area contributed by atoms with E-state index in [0.717, 1.165) is 32.4 Å². The highest BCUT2D eigenvalue weighted by molar-refractivity contribution is 5.80. The number of ether oxygens (including phenoxy) is 1. The summed E-state index contributed by atoms with van der Waals surface area (Å²) >= 11 is 0. The molecule has 0 atom stereocenters. The molecule has 8 nitrogen and oxygen atoms in total. The van der Waals surface area contributed by atoms with Crippen LogP contribution in [0.1, 0.15) is 26.2 Å². The second-order valence-corrected chi connectivity index (χ2v) is 4.59. The molecule has 0 spiro atoms. The Morgan fingerprint density at radius 2 is 2.10 bits per heavy atom. The van der Waals surface area contributed by atoms with Crippen molar-refractivity contribution in [2.45, 2.75) is 26.2 Å². The van der Waals surface area contributed by atoms with Crippen molar-refractivity contribution in [3.05, 3.63) is 0 Å². The van der Waals surface area contributed by atoms with E-state index in [-0.39, 0.29) is 30.4 Å². The number of nitrogens with two attached hydrogens (primary N) is 1. The van der Waals surface area contributed by atoms with Gasteiger partial charge in [-0.05, 0) is 19.3 Å². The Bertz CT molecular complexity index is 461. The molecule has 1 aliphatic heterocycles. The summed E-state index contributed by atoms with van der Waals surface area (Å²) in [4.78, 5) is 25.6. The van der Waals surface area contributed by atoms with E-state index < -0.39 is 0 Å². The van der Waals surface area contributed by atoms with Crippen molar-refractivity contribution < 1.29 is 9.53 Å². The predicted octanol–water partition coefficient (Wildman–Crippen LogP) is 0.277. The van der Waals surface area contributed by atoms with Crippen LogP contribution in [-0.4, -0.2) is 52.0 Å². The van der Waals surface area contributed by atoms with Crippen LogP contribution in [-0.2, 0) is 4.79 Å². The molecule has 0 unspecified atom stereocenters. The molecular weight excluding hydrogens is 260 g/mol. The largest absolute Gasteiger partial charge is 0.463 e. The molecule has 0 radical (unpaired) electrons. The first-order chi connectivity index (χ1) is 9.69. The van der Waals surface area contributed by atoms with Gasteiger partial charge >= 0.3 is 6.01 Å². The zero-order valence-electron chi connectivity index (χ0n) is 11.6. The number of anilines is 2. The van der Waals surface area contributed by atoms with Crippen LogP contribution in [0.3, 0.4) is 0 Å². The van der Waals surface area contributed by atoms with Crippen LogP contribution in [0.15, 0.2) is 0 Å². The summed E-state index contributed by atoms with van der Waals surface area (Å²) in [6.45, 7) is 4.29. The molecule has 0 saturated carbocycles. The van der Waals surface area contributed by atoms with Gasteiger partial charge in [0.15, 0.2) is 0 Å². The molecule has 0 bridgehead atoms. The maximum Gasteiger partial charge on any atom is 0.323 e. The van der Waals surface area contributed by atoms with Crippen molar-refractivity contribution in [3.63, 3.8) is 0 Å². The molecule has 1 amide bonds. The normalized spacial score (nSPS) is 14.3. The Balaban J connectivity index is 1.91. The minimum absolute atomic E-state index is 0.0394. The maximum absolute atomic E-state index is 11.9. The Hall–Kier alpha value is -2.12. The van der Waals surface area contributed by atoms with Crippen LogP contribution in [0.4, 0.5) is 11.9 Å². The van der Waals surface area contributed by atoms with Gasteiger partial charge in [0, 0.05) is 13.1 Å². The van der Waals surface area contributed by atoms with Gasteiger partial charge in [-0.3, -0.25) is 4.79 Å². The lowest BCUT2D eigenvalue weighted by molar-refractivity contribution is -0.128. The second-order valence-electron chi connectivity index (χ2n) is 4.59. The number of amides is 1. The molecule has 1 saturated heterocycles. The van der Waals surface area contributed by atoms with Gasteiger partial charge in [0.1, 0.15) is 0 Å². The molecule has 110 valence electrons. The highest BCUT2D eigenvalue weighted by Crippen LogP contribution is 2.10. The third kappa shape index (κ3) is 3.94. The summed E-state index contributed by atoms with van der Waals surface area (Å²) in [5, 5.41) is 2.87. The van der Waals surface area contributed by atoms with E-state index in [0.29, 0.717) is 6.61 Å². The number of carbonyl (C=O) groups is 1. The predicted molar refractivity (Wildman–Crippen MR) is 74.3 cm³/mol. The lowest BCUT2D eigenvalue weighted by Gasteiger charge is -2.15. The van der Waals surface area contributed by atoms with Gasteiger partial charge < -0.3 is 20.7 Å². The summed E-state index contributed by atoms with van der Waals surface area (Å²) < 4.78 is 5.31. The summed E-state index contributed by atoms with van der Waals surface area (Å²) in [5.41, 5.74) is 5.58. The zero-order chi connectivity index (χ0) is 14.4. The van der Waals surface area contributed by atoms with E-state index in [1.165, 1.54) is 0 Å². The third-order valence-corrected chi connectivity index (χ3v) is 2.92. The molecule has 8 heteroatoms. The minimum atomic E-state index is 0.0394. The number of nitrogen functional groups attached to an aromatic ring is 1. The van der Waals surface area contributed by atoms with Crippen LogP contribution in [0.5, 0.6) is 6.01 Å². The van der Waals surface area contributed by atoms with Crippen LogP contribution < -0.4 is 15.8 Å². The highest BCUT2D eigenvalue weighted by Gasteiger charge is 2.17. The topological polar surface area (TPSA) is 106 Å². The highest BCUT2D eigenvalue weighted by atomic mass is 16.5. The summed E-state index contributed by atoms with van der Waals surface area (Å²) in [6.07, 6.45) is 2.99. The number of hydrogen-bond acceptors (Lipinski definition) is 7. The fraction of sp³-hybridized carbons (Fsp3) is 0.667. The van der Waals surface area contributed by atoms with Gasteiger partial charge in [-0.15, -0.1) is 0 Å². The Labute approximate surface area is 117 Å². The van der Waals surface area contributed by atoms with Gasteiger partial charge in [-0.1, -0.05) is 6.92 Å². The summed E-state index contributed by atoms with van der Waals surface area (Å²) in [6, 6.07) is 0.176. The molecular formula is C12H20N6O2. The van der Waals surface area contributed by atoms with Gasteiger partial charge in [0.25, 0.3) is 0 Å². The van der Waals surface area contributed by atoms with E-state index in [1.807, 2.05) is 11.8 Å². The average molecular weight is 280 g/mol. The lowest BCUT2D eigenvalue weighted by atomic mass is 10.4.